The fraction of sp³-hybridized carbons (Fsp3) is 0.944. The van der Waals surface area contributed by atoms with Crippen LogP contribution in [0.5, 0.6) is 0 Å². The van der Waals surface area contributed by atoms with Gasteiger partial charge in [-0.25, -0.2) is 0 Å². The van der Waals surface area contributed by atoms with Crippen molar-refractivity contribution >= 4 is 5.97 Å². The lowest BCUT2D eigenvalue weighted by atomic mass is 10.0. The summed E-state index contributed by atoms with van der Waals surface area (Å²) in [6, 6.07) is 0. The zero-order valence-corrected chi connectivity index (χ0v) is 14.1. The van der Waals surface area contributed by atoms with Crippen molar-refractivity contribution in [3.8, 4) is 0 Å². The van der Waals surface area contributed by atoms with Gasteiger partial charge in [-0.15, -0.1) is 0 Å². The Morgan fingerprint density at radius 3 is 1.85 bits per heavy atom. The minimum absolute atomic E-state index is 0.0236. The van der Waals surface area contributed by atoms with Crippen molar-refractivity contribution < 1.29 is 9.53 Å². The van der Waals surface area contributed by atoms with Gasteiger partial charge in [0.25, 0.3) is 0 Å². The Hall–Kier alpha value is -0.530. The molecule has 0 rings (SSSR count). The summed E-state index contributed by atoms with van der Waals surface area (Å²) in [6.07, 6.45) is 14.9. The van der Waals surface area contributed by atoms with Crippen molar-refractivity contribution in [2.24, 2.45) is 0 Å². The molecule has 0 aromatic carbocycles. The Morgan fingerprint density at radius 2 is 1.25 bits per heavy atom. The van der Waals surface area contributed by atoms with Gasteiger partial charge in [-0.05, 0) is 32.1 Å². The second kappa shape index (κ2) is 14.9. The quantitative estimate of drug-likeness (QED) is 0.287. The lowest BCUT2D eigenvalue weighted by Gasteiger charge is -2.18. The van der Waals surface area contributed by atoms with Crippen LogP contribution in [0.3, 0.4) is 0 Å². The highest BCUT2D eigenvalue weighted by Gasteiger charge is 2.13. The van der Waals surface area contributed by atoms with Gasteiger partial charge in [-0.3, -0.25) is 4.79 Å². The first-order valence-corrected chi connectivity index (χ1v) is 8.94. The van der Waals surface area contributed by atoms with Gasteiger partial charge >= 0.3 is 5.97 Å². The molecule has 2 heteroatoms. The van der Waals surface area contributed by atoms with Crippen molar-refractivity contribution in [2.75, 3.05) is 0 Å². The van der Waals surface area contributed by atoms with Gasteiger partial charge in [-0.2, -0.15) is 0 Å². The fourth-order valence-corrected chi connectivity index (χ4v) is 2.45. The average Bonchev–Trinajstić information content (AvgIpc) is 2.44. The molecule has 0 amide bonds. The molecule has 0 fully saturated rings. The monoisotopic (exact) mass is 284 g/mol. The van der Waals surface area contributed by atoms with Crippen LogP contribution in [0.1, 0.15) is 104 Å². The van der Waals surface area contributed by atoms with E-state index < -0.39 is 0 Å². The highest BCUT2D eigenvalue weighted by molar-refractivity contribution is 5.69. The lowest BCUT2D eigenvalue weighted by molar-refractivity contribution is -0.150. The van der Waals surface area contributed by atoms with Gasteiger partial charge in [-0.1, -0.05) is 65.7 Å². The maximum atomic E-state index is 11.8. The van der Waals surface area contributed by atoms with E-state index in [9.17, 15) is 4.79 Å². The molecule has 2 nitrogen and oxygen atoms in total. The van der Waals surface area contributed by atoms with Gasteiger partial charge in [0.2, 0.25) is 0 Å². The number of hydrogen-bond donors (Lipinski definition) is 0. The SMILES string of the molecule is CCCCCCC(CCCCC)OC(=O)CCCCC. The third-order valence-corrected chi connectivity index (χ3v) is 3.79. The van der Waals surface area contributed by atoms with Crippen molar-refractivity contribution in [1.29, 1.82) is 0 Å². The molecule has 0 bridgehead atoms. The summed E-state index contributed by atoms with van der Waals surface area (Å²) in [5, 5.41) is 0. The molecule has 20 heavy (non-hydrogen) atoms. The molecule has 0 saturated heterocycles. The Labute approximate surface area is 126 Å². The highest BCUT2D eigenvalue weighted by Crippen LogP contribution is 2.16. The maximum Gasteiger partial charge on any atom is 0.306 e. The van der Waals surface area contributed by atoms with E-state index >= 15 is 0 Å². The first-order valence-electron chi connectivity index (χ1n) is 8.94. The Balaban J connectivity index is 3.91. The smallest absolute Gasteiger partial charge is 0.306 e. The highest BCUT2D eigenvalue weighted by atomic mass is 16.5. The Kier molecular flexibility index (Phi) is 14.5. The fourth-order valence-electron chi connectivity index (χ4n) is 2.45. The third-order valence-electron chi connectivity index (χ3n) is 3.79. The van der Waals surface area contributed by atoms with Gasteiger partial charge in [0.15, 0.2) is 0 Å². The molecule has 0 heterocycles. The number of unbranched alkanes of at least 4 members (excludes halogenated alkanes) is 7. The van der Waals surface area contributed by atoms with Gasteiger partial charge in [0, 0.05) is 6.42 Å². The first kappa shape index (κ1) is 19.5. The molecule has 0 radical (unpaired) electrons. The van der Waals surface area contributed by atoms with Crippen LogP contribution in [0, 0.1) is 0 Å². The molecule has 0 aliphatic heterocycles. The summed E-state index contributed by atoms with van der Waals surface area (Å²) in [5.41, 5.74) is 0. The average molecular weight is 284 g/mol. The molecule has 0 aromatic heterocycles. The van der Waals surface area contributed by atoms with Gasteiger partial charge < -0.3 is 4.74 Å². The minimum Gasteiger partial charge on any atom is -0.462 e. The molecular weight excluding hydrogens is 248 g/mol. The van der Waals surface area contributed by atoms with E-state index in [1.807, 2.05) is 0 Å². The van der Waals surface area contributed by atoms with Crippen molar-refractivity contribution in [3.05, 3.63) is 0 Å². The van der Waals surface area contributed by atoms with Crippen LogP contribution in [0.2, 0.25) is 0 Å². The second-order valence-electron chi connectivity index (χ2n) is 5.91. The van der Waals surface area contributed by atoms with E-state index in [-0.39, 0.29) is 12.1 Å². The summed E-state index contributed by atoms with van der Waals surface area (Å²) < 4.78 is 5.68. The van der Waals surface area contributed by atoms with E-state index in [2.05, 4.69) is 20.8 Å². The number of carbonyl (C=O) groups is 1. The van der Waals surface area contributed by atoms with Crippen LogP contribution in [0.15, 0.2) is 0 Å². The normalized spacial score (nSPS) is 12.3. The molecule has 1 atom stereocenters. The zero-order chi connectivity index (χ0) is 15.1. The summed E-state index contributed by atoms with van der Waals surface area (Å²) in [5.74, 6) is 0.0236. The Bertz CT molecular complexity index is 213. The molecule has 0 N–H and O–H groups in total. The van der Waals surface area contributed by atoms with E-state index in [0.29, 0.717) is 6.42 Å². The van der Waals surface area contributed by atoms with Crippen LogP contribution in [0.25, 0.3) is 0 Å². The molecule has 0 aliphatic carbocycles. The van der Waals surface area contributed by atoms with Crippen molar-refractivity contribution in [2.45, 2.75) is 110 Å². The van der Waals surface area contributed by atoms with Crippen LogP contribution in [-0.2, 0) is 9.53 Å². The zero-order valence-electron chi connectivity index (χ0n) is 14.1. The lowest BCUT2D eigenvalue weighted by Crippen LogP contribution is -2.18. The second-order valence-corrected chi connectivity index (χ2v) is 5.91. The topological polar surface area (TPSA) is 26.3 Å². The van der Waals surface area contributed by atoms with Gasteiger partial charge in [0.05, 0.1) is 0 Å². The number of carbonyl (C=O) groups excluding carboxylic acids is 1. The molecule has 0 saturated carbocycles. The van der Waals surface area contributed by atoms with Gasteiger partial charge in [0.1, 0.15) is 6.10 Å². The van der Waals surface area contributed by atoms with E-state index in [1.54, 1.807) is 0 Å². The minimum atomic E-state index is 0.0236. The maximum absolute atomic E-state index is 11.8. The molecular formula is C18H36O2. The summed E-state index contributed by atoms with van der Waals surface area (Å²) >= 11 is 0. The Morgan fingerprint density at radius 1 is 0.750 bits per heavy atom. The summed E-state index contributed by atoms with van der Waals surface area (Å²) in [7, 11) is 0. The molecule has 1 unspecified atom stereocenters. The standard InChI is InChI=1S/C18H36O2/c1-4-7-10-13-15-17(14-11-8-5-2)20-18(19)16-12-9-6-3/h17H,4-16H2,1-3H3. The predicted octanol–water partition coefficient (Wildman–Crippen LogP) is 6.03. The number of esters is 1. The van der Waals surface area contributed by atoms with Crippen molar-refractivity contribution in [3.63, 3.8) is 0 Å². The predicted molar refractivity (Wildman–Crippen MR) is 86.9 cm³/mol. The molecule has 0 aliphatic rings. The summed E-state index contributed by atoms with van der Waals surface area (Å²) in [6.45, 7) is 6.60. The summed E-state index contributed by atoms with van der Waals surface area (Å²) in [4.78, 5) is 11.8. The molecule has 120 valence electrons. The van der Waals surface area contributed by atoms with E-state index in [1.165, 1.54) is 44.9 Å². The third kappa shape index (κ3) is 12.5. The van der Waals surface area contributed by atoms with Crippen LogP contribution in [0.4, 0.5) is 0 Å². The van der Waals surface area contributed by atoms with Crippen LogP contribution in [-0.4, -0.2) is 12.1 Å². The van der Waals surface area contributed by atoms with E-state index in [4.69, 9.17) is 4.74 Å². The number of rotatable bonds is 14. The first-order chi connectivity index (χ1) is 9.74. The number of ether oxygens (including phenoxy) is 1. The van der Waals surface area contributed by atoms with Crippen molar-refractivity contribution in [1.82, 2.24) is 0 Å². The number of hydrogen-bond acceptors (Lipinski definition) is 2. The largest absolute Gasteiger partial charge is 0.462 e. The molecule has 0 spiro atoms. The van der Waals surface area contributed by atoms with E-state index in [0.717, 1.165) is 32.1 Å². The molecule has 0 aromatic rings. The van der Waals surface area contributed by atoms with Crippen LogP contribution < -0.4 is 0 Å². The van der Waals surface area contributed by atoms with Crippen LogP contribution >= 0.6 is 0 Å².